The summed E-state index contributed by atoms with van der Waals surface area (Å²) >= 11 is 0. The van der Waals surface area contributed by atoms with E-state index in [0.717, 1.165) is 0 Å². The van der Waals surface area contributed by atoms with Crippen molar-refractivity contribution in [3.8, 4) is 11.5 Å². The van der Waals surface area contributed by atoms with Gasteiger partial charge in [-0.05, 0) is 12.1 Å². The van der Waals surface area contributed by atoms with Gasteiger partial charge in [0.05, 0.1) is 12.8 Å². The van der Waals surface area contributed by atoms with Crippen LogP contribution in [0.2, 0.25) is 0 Å². The highest BCUT2D eigenvalue weighted by molar-refractivity contribution is 6.17. The average Bonchev–Trinajstić information content (AvgIpc) is 2.09. The standard InChI is InChI=1S/C7H9BNO3/c1-11-7-4-5(12-8-10)2-3-6(7)9/h2-4,10H,9H2,1H3. The normalized spacial score (nSPS) is 9.17. The highest BCUT2D eigenvalue weighted by atomic mass is 16.5. The molecule has 0 aliphatic rings. The first-order valence-electron chi connectivity index (χ1n) is 3.34. The largest absolute Gasteiger partial charge is 0.569 e. The molecular weight excluding hydrogens is 157 g/mol. The zero-order valence-corrected chi connectivity index (χ0v) is 6.65. The summed E-state index contributed by atoms with van der Waals surface area (Å²) in [5.41, 5.74) is 6.07. The van der Waals surface area contributed by atoms with Gasteiger partial charge in [0.2, 0.25) is 0 Å². The fraction of sp³-hybridized carbons (Fsp3) is 0.143. The molecule has 0 spiro atoms. The van der Waals surface area contributed by atoms with Gasteiger partial charge in [-0.1, -0.05) is 0 Å². The van der Waals surface area contributed by atoms with E-state index >= 15 is 0 Å². The molecule has 1 radical (unpaired) electrons. The molecule has 0 aromatic heterocycles. The van der Waals surface area contributed by atoms with Gasteiger partial charge in [0.15, 0.2) is 0 Å². The molecule has 1 aromatic rings. The van der Waals surface area contributed by atoms with Crippen molar-refractivity contribution in [3.63, 3.8) is 0 Å². The molecule has 0 aliphatic heterocycles. The molecular formula is C7H9BNO3. The molecule has 63 valence electrons. The van der Waals surface area contributed by atoms with Crippen molar-refractivity contribution in [3.05, 3.63) is 18.2 Å². The number of ether oxygens (including phenoxy) is 1. The third-order valence-electron chi connectivity index (χ3n) is 1.39. The molecule has 0 saturated carbocycles. The number of methoxy groups -OCH3 is 1. The number of nitrogens with two attached hydrogens (primary N) is 1. The van der Waals surface area contributed by atoms with E-state index in [0.29, 0.717) is 24.9 Å². The lowest BCUT2D eigenvalue weighted by Gasteiger charge is -2.06. The Morgan fingerprint density at radius 1 is 1.50 bits per heavy atom. The summed E-state index contributed by atoms with van der Waals surface area (Å²) in [5.74, 6) is 0.998. The van der Waals surface area contributed by atoms with Gasteiger partial charge in [0, 0.05) is 6.07 Å². The minimum absolute atomic E-state index is 0.476. The Kier molecular flexibility index (Phi) is 2.82. The number of anilines is 1. The van der Waals surface area contributed by atoms with E-state index in [9.17, 15) is 0 Å². The first kappa shape index (κ1) is 8.74. The first-order chi connectivity index (χ1) is 5.77. The van der Waals surface area contributed by atoms with Crippen LogP contribution >= 0.6 is 0 Å². The summed E-state index contributed by atoms with van der Waals surface area (Å²) < 4.78 is 9.63. The van der Waals surface area contributed by atoms with E-state index in [2.05, 4.69) is 0 Å². The fourth-order valence-corrected chi connectivity index (χ4v) is 0.826. The lowest BCUT2D eigenvalue weighted by Crippen LogP contribution is -2.00. The van der Waals surface area contributed by atoms with Crippen molar-refractivity contribution < 1.29 is 14.4 Å². The molecule has 1 aromatic carbocycles. The van der Waals surface area contributed by atoms with E-state index in [-0.39, 0.29) is 0 Å². The van der Waals surface area contributed by atoms with E-state index < -0.39 is 0 Å². The van der Waals surface area contributed by atoms with Crippen LogP contribution in [-0.4, -0.2) is 19.8 Å². The fourth-order valence-electron chi connectivity index (χ4n) is 0.826. The Labute approximate surface area is 71.2 Å². The quantitative estimate of drug-likeness (QED) is 0.496. The van der Waals surface area contributed by atoms with Gasteiger partial charge in [-0.2, -0.15) is 0 Å². The third kappa shape index (κ3) is 1.82. The van der Waals surface area contributed by atoms with E-state index in [4.69, 9.17) is 20.1 Å². The minimum Gasteiger partial charge on any atom is -0.537 e. The highest BCUT2D eigenvalue weighted by Gasteiger charge is 2.01. The summed E-state index contributed by atoms with van der Waals surface area (Å²) in [6, 6.07) is 4.85. The monoisotopic (exact) mass is 166 g/mol. The van der Waals surface area contributed by atoms with Gasteiger partial charge in [0.1, 0.15) is 11.5 Å². The predicted octanol–water partition coefficient (Wildman–Crippen LogP) is 0.183. The number of rotatable bonds is 3. The van der Waals surface area contributed by atoms with Crippen LogP contribution in [0.3, 0.4) is 0 Å². The number of hydrogen-bond donors (Lipinski definition) is 2. The van der Waals surface area contributed by atoms with Gasteiger partial charge in [-0.3, -0.25) is 0 Å². The van der Waals surface area contributed by atoms with E-state index in [1.807, 2.05) is 0 Å². The van der Waals surface area contributed by atoms with Crippen LogP contribution in [0, 0.1) is 0 Å². The Bertz CT molecular complexity index is 267. The van der Waals surface area contributed by atoms with Crippen LogP contribution in [0.15, 0.2) is 18.2 Å². The molecule has 4 nitrogen and oxygen atoms in total. The second-order valence-electron chi connectivity index (χ2n) is 2.13. The van der Waals surface area contributed by atoms with Crippen LogP contribution in [0.4, 0.5) is 5.69 Å². The molecule has 0 atom stereocenters. The summed E-state index contributed by atoms with van der Waals surface area (Å²) in [4.78, 5) is 0. The maximum absolute atomic E-state index is 8.33. The molecule has 3 N–H and O–H groups in total. The van der Waals surface area contributed by atoms with Gasteiger partial charge < -0.3 is 20.1 Å². The maximum Gasteiger partial charge on any atom is 0.569 e. The van der Waals surface area contributed by atoms with E-state index in [1.165, 1.54) is 7.11 Å². The molecule has 0 amide bonds. The summed E-state index contributed by atoms with van der Waals surface area (Å²) in [7, 11) is 2.11. The third-order valence-corrected chi connectivity index (χ3v) is 1.39. The molecule has 1 rings (SSSR count). The van der Waals surface area contributed by atoms with Crippen molar-refractivity contribution in [1.29, 1.82) is 0 Å². The van der Waals surface area contributed by atoms with Crippen molar-refractivity contribution in [2.24, 2.45) is 0 Å². The number of hydrogen-bond acceptors (Lipinski definition) is 4. The SMILES string of the molecule is COc1cc(O[B]O)ccc1N. The molecule has 5 heteroatoms. The smallest absolute Gasteiger partial charge is 0.537 e. The van der Waals surface area contributed by atoms with Crippen LogP contribution in [0.5, 0.6) is 11.5 Å². The van der Waals surface area contributed by atoms with Crippen LogP contribution in [0.1, 0.15) is 0 Å². The number of benzene rings is 1. The molecule has 0 saturated heterocycles. The minimum atomic E-state index is 0.476. The second-order valence-corrected chi connectivity index (χ2v) is 2.13. The van der Waals surface area contributed by atoms with Gasteiger partial charge in [-0.15, -0.1) is 0 Å². The highest BCUT2D eigenvalue weighted by Crippen LogP contribution is 2.25. The second kappa shape index (κ2) is 3.87. The predicted molar refractivity (Wildman–Crippen MR) is 46.0 cm³/mol. The zero-order chi connectivity index (χ0) is 8.97. The van der Waals surface area contributed by atoms with Crippen LogP contribution in [0.25, 0.3) is 0 Å². The van der Waals surface area contributed by atoms with Crippen molar-refractivity contribution >= 4 is 13.4 Å². The molecule has 0 fully saturated rings. The van der Waals surface area contributed by atoms with Crippen LogP contribution < -0.4 is 15.1 Å². The summed E-state index contributed by atoms with van der Waals surface area (Å²) in [5, 5.41) is 8.33. The Balaban J connectivity index is 2.89. The van der Waals surface area contributed by atoms with Crippen molar-refractivity contribution in [2.45, 2.75) is 0 Å². The lowest BCUT2D eigenvalue weighted by atomic mass is 10.2. The van der Waals surface area contributed by atoms with Crippen molar-refractivity contribution in [2.75, 3.05) is 12.8 Å². The Hall–Kier alpha value is -1.36. The average molecular weight is 166 g/mol. The lowest BCUT2D eigenvalue weighted by molar-refractivity contribution is 0.411. The maximum atomic E-state index is 8.33. The molecule has 0 aliphatic carbocycles. The molecule has 12 heavy (non-hydrogen) atoms. The zero-order valence-electron chi connectivity index (χ0n) is 6.65. The summed E-state index contributed by atoms with van der Waals surface area (Å²) in [6.45, 7) is 0. The Morgan fingerprint density at radius 2 is 2.25 bits per heavy atom. The van der Waals surface area contributed by atoms with Gasteiger partial charge in [0.25, 0.3) is 0 Å². The number of nitrogen functional groups attached to an aromatic ring is 1. The Morgan fingerprint density at radius 3 is 2.83 bits per heavy atom. The summed E-state index contributed by atoms with van der Waals surface area (Å²) in [6.07, 6.45) is 0. The molecule has 0 heterocycles. The van der Waals surface area contributed by atoms with Crippen molar-refractivity contribution in [1.82, 2.24) is 0 Å². The topological polar surface area (TPSA) is 64.7 Å². The van der Waals surface area contributed by atoms with E-state index in [1.54, 1.807) is 18.2 Å². The molecule has 0 unspecified atom stereocenters. The van der Waals surface area contributed by atoms with Gasteiger partial charge in [-0.25, -0.2) is 0 Å². The first-order valence-corrected chi connectivity index (χ1v) is 3.34. The molecule has 0 bridgehead atoms. The van der Waals surface area contributed by atoms with Gasteiger partial charge >= 0.3 is 7.69 Å². The van der Waals surface area contributed by atoms with Crippen LogP contribution in [-0.2, 0) is 0 Å².